The predicted octanol–water partition coefficient (Wildman–Crippen LogP) is 2.21. The molecule has 0 aliphatic carbocycles. The van der Waals surface area contributed by atoms with E-state index >= 15 is 0 Å². The summed E-state index contributed by atoms with van der Waals surface area (Å²) < 4.78 is 0. The molecule has 3 amide bonds. The van der Waals surface area contributed by atoms with Crippen LogP contribution in [0.4, 0.5) is 5.69 Å². The summed E-state index contributed by atoms with van der Waals surface area (Å²) in [5, 5.41) is 10.1. The number of hydrazine groups is 1. The molecular weight excluding hydrogens is 468 g/mol. The Kier molecular flexibility index (Phi) is 8.45. The molecule has 0 saturated carbocycles. The van der Waals surface area contributed by atoms with Crippen LogP contribution in [0.15, 0.2) is 36.4 Å². The van der Waals surface area contributed by atoms with Gasteiger partial charge in [0.15, 0.2) is 0 Å². The molecule has 0 unspecified atom stereocenters. The van der Waals surface area contributed by atoms with E-state index in [-0.39, 0.29) is 30.8 Å². The lowest BCUT2D eigenvalue weighted by Crippen LogP contribution is -2.49. The molecule has 2 heterocycles. The maximum Gasteiger partial charge on any atom is 0.256 e. The van der Waals surface area contributed by atoms with Crippen molar-refractivity contribution in [2.75, 3.05) is 51.6 Å². The number of nitrogens with one attached hydrogen (secondary N) is 2. The van der Waals surface area contributed by atoms with Crippen molar-refractivity contribution >= 4 is 23.4 Å². The first-order valence-electron chi connectivity index (χ1n) is 13.1. The van der Waals surface area contributed by atoms with Gasteiger partial charge in [-0.2, -0.15) is 0 Å². The standard InChI is InChI=1S/C28H38N6O3/c1-5-29-11-12-33(19-27(36)31(4)34-17-21-9-7-8-10-22(21)18-34)26(35)15-30-25-14-24-23(13-20(25)3)16-32(6-2)28(24)37/h7-10,13-14,29-30H,5-6,11-12,15-19H2,1-4H3. The number of fused-ring (bicyclic) bond motifs is 2. The number of hydrogen-bond acceptors (Lipinski definition) is 6. The van der Waals surface area contributed by atoms with Crippen molar-refractivity contribution in [1.82, 2.24) is 25.1 Å². The molecule has 2 aliphatic heterocycles. The third kappa shape index (κ3) is 5.94. The van der Waals surface area contributed by atoms with E-state index in [1.54, 1.807) is 17.0 Å². The first-order valence-corrected chi connectivity index (χ1v) is 13.1. The van der Waals surface area contributed by atoms with Crippen molar-refractivity contribution in [3.63, 3.8) is 0 Å². The third-order valence-corrected chi connectivity index (χ3v) is 7.24. The van der Waals surface area contributed by atoms with Crippen LogP contribution in [-0.2, 0) is 29.2 Å². The van der Waals surface area contributed by atoms with Gasteiger partial charge >= 0.3 is 0 Å². The number of nitrogens with zero attached hydrogens (tertiary/aromatic N) is 4. The van der Waals surface area contributed by atoms with Gasteiger partial charge in [0.05, 0.1) is 6.54 Å². The molecule has 0 spiro atoms. The monoisotopic (exact) mass is 506 g/mol. The van der Waals surface area contributed by atoms with E-state index in [4.69, 9.17) is 0 Å². The lowest BCUT2D eigenvalue weighted by molar-refractivity contribution is -0.151. The molecule has 198 valence electrons. The molecule has 0 saturated heterocycles. The Morgan fingerprint density at radius 2 is 1.70 bits per heavy atom. The number of amides is 3. The largest absolute Gasteiger partial charge is 0.376 e. The Morgan fingerprint density at radius 1 is 1.00 bits per heavy atom. The van der Waals surface area contributed by atoms with E-state index < -0.39 is 0 Å². The van der Waals surface area contributed by atoms with Crippen molar-refractivity contribution in [2.24, 2.45) is 0 Å². The maximum absolute atomic E-state index is 13.3. The SMILES string of the molecule is CCNCCN(CC(=O)N(C)N1Cc2ccccc2C1)C(=O)CNc1cc2c(cc1C)CN(CC)C2=O. The summed E-state index contributed by atoms with van der Waals surface area (Å²) in [5.74, 6) is -0.265. The Hall–Kier alpha value is -3.43. The van der Waals surface area contributed by atoms with Crippen molar-refractivity contribution < 1.29 is 14.4 Å². The molecule has 2 aromatic carbocycles. The second kappa shape index (κ2) is 11.7. The Balaban J connectivity index is 1.39. The van der Waals surface area contributed by atoms with Crippen LogP contribution < -0.4 is 10.6 Å². The lowest BCUT2D eigenvalue weighted by Gasteiger charge is -2.31. The molecule has 0 atom stereocenters. The van der Waals surface area contributed by atoms with Gasteiger partial charge in [0.2, 0.25) is 5.91 Å². The zero-order chi connectivity index (χ0) is 26.5. The van der Waals surface area contributed by atoms with Crippen molar-refractivity contribution in [3.05, 3.63) is 64.2 Å². The summed E-state index contributed by atoms with van der Waals surface area (Å²) in [6.07, 6.45) is 0. The van der Waals surface area contributed by atoms with Gasteiger partial charge in [-0.05, 0) is 48.7 Å². The van der Waals surface area contributed by atoms with Gasteiger partial charge in [0, 0.05) is 57.6 Å². The summed E-state index contributed by atoms with van der Waals surface area (Å²) in [7, 11) is 1.77. The van der Waals surface area contributed by atoms with Gasteiger partial charge in [0.1, 0.15) is 6.54 Å². The van der Waals surface area contributed by atoms with Gasteiger partial charge in [-0.3, -0.25) is 19.4 Å². The number of anilines is 1. The number of rotatable bonds is 11. The van der Waals surface area contributed by atoms with Crippen LogP contribution in [0.1, 0.15) is 46.5 Å². The minimum atomic E-state index is -0.161. The summed E-state index contributed by atoms with van der Waals surface area (Å²) in [6.45, 7) is 10.5. The highest BCUT2D eigenvalue weighted by atomic mass is 16.2. The predicted molar refractivity (Wildman–Crippen MR) is 144 cm³/mol. The van der Waals surface area contributed by atoms with Crippen molar-refractivity contribution in [3.8, 4) is 0 Å². The molecule has 0 fully saturated rings. The highest BCUT2D eigenvalue weighted by Gasteiger charge is 2.28. The van der Waals surface area contributed by atoms with E-state index in [0.29, 0.717) is 44.8 Å². The van der Waals surface area contributed by atoms with E-state index in [0.717, 1.165) is 23.4 Å². The number of carbonyl (C=O) groups excluding carboxylic acids is 3. The number of carbonyl (C=O) groups is 3. The molecule has 0 bridgehead atoms. The average molecular weight is 507 g/mol. The second-order valence-corrected chi connectivity index (χ2v) is 9.67. The summed E-state index contributed by atoms with van der Waals surface area (Å²) in [6, 6.07) is 12.1. The van der Waals surface area contributed by atoms with Crippen LogP contribution in [-0.4, -0.2) is 83.9 Å². The van der Waals surface area contributed by atoms with Crippen molar-refractivity contribution in [1.29, 1.82) is 0 Å². The molecule has 2 aromatic rings. The van der Waals surface area contributed by atoms with E-state index in [1.807, 2.05) is 54.9 Å². The quantitative estimate of drug-likeness (QED) is 0.455. The average Bonchev–Trinajstić information content (AvgIpc) is 3.46. The minimum Gasteiger partial charge on any atom is -0.376 e. The fraction of sp³-hybridized carbons (Fsp3) is 0.464. The highest BCUT2D eigenvalue weighted by molar-refractivity contribution is 5.99. The first kappa shape index (κ1) is 26.6. The molecule has 2 N–H and O–H groups in total. The van der Waals surface area contributed by atoms with Crippen LogP contribution in [0.3, 0.4) is 0 Å². The summed E-state index contributed by atoms with van der Waals surface area (Å²) in [4.78, 5) is 42.5. The number of benzene rings is 2. The number of aryl methyl sites for hydroxylation is 1. The van der Waals surface area contributed by atoms with E-state index in [9.17, 15) is 14.4 Å². The molecule has 9 heteroatoms. The van der Waals surface area contributed by atoms with Gasteiger partial charge in [-0.15, -0.1) is 0 Å². The second-order valence-electron chi connectivity index (χ2n) is 9.67. The van der Waals surface area contributed by atoms with Crippen LogP contribution in [0, 0.1) is 6.92 Å². The molecule has 37 heavy (non-hydrogen) atoms. The van der Waals surface area contributed by atoms with Crippen LogP contribution in [0.25, 0.3) is 0 Å². The molecule has 4 rings (SSSR count). The molecule has 2 aliphatic rings. The normalized spacial score (nSPS) is 14.5. The van der Waals surface area contributed by atoms with Gasteiger partial charge in [-0.1, -0.05) is 37.3 Å². The highest BCUT2D eigenvalue weighted by Crippen LogP contribution is 2.28. The zero-order valence-corrected chi connectivity index (χ0v) is 22.3. The van der Waals surface area contributed by atoms with E-state index in [1.165, 1.54) is 11.1 Å². The van der Waals surface area contributed by atoms with E-state index in [2.05, 4.69) is 22.8 Å². The van der Waals surface area contributed by atoms with Crippen LogP contribution >= 0.6 is 0 Å². The fourth-order valence-corrected chi connectivity index (χ4v) is 4.91. The van der Waals surface area contributed by atoms with Crippen LogP contribution in [0.5, 0.6) is 0 Å². The zero-order valence-electron chi connectivity index (χ0n) is 22.3. The third-order valence-electron chi connectivity index (χ3n) is 7.24. The van der Waals surface area contributed by atoms with Crippen LogP contribution in [0.2, 0.25) is 0 Å². The Morgan fingerprint density at radius 3 is 2.35 bits per heavy atom. The molecule has 0 aromatic heterocycles. The Bertz CT molecular complexity index is 1140. The topological polar surface area (TPSA) is 88.2 Å². The minimum absolute atomic E-state index is 0.00235. The maximum atomic E-state index is 13.3. The lowest BCUT2D eigenvalue weighted by atomic mass is 10.0. The van der Waals surface area contributed by atoms with Crippen molar-refractivity contribution in [2.45, 2.75) is 40.4 Å². The smallest absolute Gasteiger partial charge is 0.256 e. The Labute approximate surface area is 219 Å². The molecule has 0 radical (unpaired) electrons. The molecular formula is C28H38N6O3. The summed E-state index contributed by atoms with van der Waals surface area (Å²) in [5.41, 5.74) is 5.90. The fourth-order valence-electron chi connectivity index (χ4n) is 4.91. The first-order chi connectivity index (χ1) is 17.8. The van der Waals surface area contributed by atoms with Gasteiger partial charge in [0.25, 0.3) is 11.8 Å². The van der Waals surface area contributed by atoms with Gasteiger partial charge < -0.3 is 20.4 Å². The van der Waals surface area contributed by atoms with Gasteiger partial charge in [-0.25, -0.2) is 5.01 Å². The number of likely N-dealkylation sites (N-methyl/N-ethyl adjacent to an activating group) is 2. The number of hydrogen-bond donors (Lipinski definition) is 2. The molecule has 9 nitrogen and oxygen atoms in total. The summed E-state index contributed by atoms with van der Waals surface area (Å²) >= 11 is 0.